The molecule has 2 unspecified atom stereocenters. The molecule has 1 fully saturated rings. The van der Waals surface area contributed by atoms with E-state index in [0.717, 1.165) is 30.6 Å². The van der Waals surface area contributed by atoms with E-state index in [0.29, 0.717) is 6.42 Å². The molecule has 0 radical (unpaired) electrons. The van der Waals surface area contributed by atoms with Gasteiger partial charge in [-0.1, -0.05) is 12.1 Å². The van der Waals surface area contributed by atoms with Gasteiger partial charge < -0.3 is 9.84 Å². The zero-order valence-electron chi connectivity index (χ0n) is 12.0. The lowest BCUT2D eigenvalue weighted by atomic mass is 9.97. The minimum Gasteiger partial charge on any atom is -0.490 e. The van der Waals surface area contributed by atoms with Gasteiger partial charge in [0.15, 0.2) is 0 Å². The van der Waals surface area contributed by atoms with Gasteiger partial charge in [0.05, 0.1) is 17.5 Å². The zero-order valence-corrected chi connectivity index (χ0v) is 12.8. The van der Waals surface area contributed by atoms with E-state index in [1.807, 2.05) is 24.3 Å². The summed E-state index contributed by atoms with van der Waals surface area (Å²) in [4.78, 5) is 0. The summed E-state index contributed by atoms with van der Waals surface area (Å²) in [6.45, 7) is 1.72. The van der Waals surface area contributed by atoms with Crippen molar-refractivity contribution in [1.29, 1.82) is 0 Å². The highest BCUT2D eigenvalue weighted by atomic mass is 32.2. The average molecular weight is 298 g/mol. The van der Waals surface area contributed by atoms with Gasteiger partial charge in [-0.05, 0) is 43.9 Å². The van der Waals surface area contributed by atoms with E-state index in [1.165, 1.54) is 6.26 Å². The van der Waals surface area contributed by atoms with Crippen molar-refractivity contribution < 1.29 is 18.3 Å². The molecule has 0 heterocycles. The number of rotatable bonds is 4. The minimum atomic E-state index is -2.98. The molecule has 0 aromatic heterocycles. The Morgan fingerprint density at radius 1 is 1.25 bits per heavy atom. The zero-order chi connectivity index (χ0) is 14.8. The van der Waals surface area contributed by atoms with Crippen LogP contribution in [0, 0.1) is 0 Å². The Balaban J connectivity index is 1.99. The van der Waals surface area contributed by atoms with Crippen molar-refractivity contribution in [1.82, 2.24) is 0 Å². The summed E-state index contributed by atoms with van der Waals surface area (Å²) in [5, 5.41) is 9.17. The summed E-state index contributed by atoms with van der Waals surface area (Å²) in [5.41, 5.74) is 0.843. The predicted molar refractivity (Wildman–Crippen MR) is 78.6 cm³/mol. The smallest absolute Gasteiger partial charge is 0.150 e. The van der Waals surface area contributed by atoms with Crippen molar-refractivity contribution in [3.8, 4) is 5.75 Å². The summed E-state index contributed by atoms with van der Waals surface area (Å²) in [7, 11) is -2.98. The third-order valence-corrected chi connectivity index (χ3v) is 5.49. The molecule has 1 aromatic carbocycles. The van der Waals surface area contributed by atoms with Gasteiger partial charge in [-0.2, -0.15) is 0 Å². The van der Waals surface area contributed by atoms with Crippen LogP contribution in [0.1, 0.15) is 44.3 Å². The number of hydrogen-bond acceptors (Lipinski definition) is 4. The van der Waals surface area contributed by atoms with Gasteiger partial charge in [0.2, 0.25) is 0 Å². The molecule has 3 atom stereocenters. The largest absolute Gasteiger partial charge is 0.490 e. The van der Waals surface area contributed by atoms with Crippen molar-refractivity contribution in [2.45, 2.75) is 50.1 Å². The van der Waals surface area contributed by atoms with Crippen LogP contribution in [0.15, 0.2) is 24.3 Å². The summed E-state index contributed by atoms with van der Waals surface area (Å²) >= 11 is 0. The second-order valence-corrected chi connectivity index (χ2v) is 7.93. The fraction of sp³-hybridized carbons (Fsp3) is 0.600. The number of benzene rings is 1. The van der Waals surface area contributed by atoms with E-state index in [1.54, 1.807) is 6.92 Å². The van der Waals surface area contributed by atoms with Gasteiger partial charge >= 0.3 is 0 Å². The van der Waals surface area contributed by atoms with E-state index < -0.39 is 15.9 Å². The van der Waals surface area contributed by atoms with Crippen LogP contribution in [-0.4, -0.2) is 31.1 Å². The van der Waals surface area contributed by atoms with Gasteiger partial charge in [0.1, 0.15) is 15.6 Å². The Bertz CT molecular complexity index is 533. The van der Waals surface area contributed by atoms with E-state index in [9.17, 15) is 13.5 Å². The number of sulfone groups is 1. The first kappa shape index (κ1) is 15.3. The van der Waals surface area contributed by atoms with E-state index in [4.69, 9.17) is 4.74 Å². The average Bonchev–Trinajstić information content (AvgIpc) is 2.38. The van der Waals surface area contributed by atoms with Crippen molar-refractivity contribution in [3.63, 3.8) is 0 Å². The summed E-state index contributed by atoms with van der Waals surface area (Å²) in [5.74, 6) is 0.730. The lowest BCUT2D eigenvalue weighted by Crippen LogP contribution is -2.33. The fourth-order valence-electron chi connectivity index (χ4n) is 2.62. The van der Waals surface area contributed by atoms with Gasteiger partial charge in [-0.15, -0.1) is 0 Å². The summed E-state index contributed by atoms with van der Waals surface area (Å²) in [6, 6.07) is 7.31. The van der Waals surface area contributed by atoms with Crippen LogP contribution in [0.4, 0.5) is 0 Å². The molecule has 1 aliphatic rings. The van der Waals surface area contributed by atoms with Crippen LogP contribution in [0.3, 0.4) is 0 Å². The number of aliphatic hydroxyl groups is 1. The standard InChI is InChI=1S/C15H22O4S/c1-11(16)12-6-8-13(9-7-12)19-14-4-3-5-15(10-14)20(2,17)18/h6-9,11,14-16H,3-5,10H2,1-2H3/t11-,14?,15?/m1/s1. The maximum absolute atomic E-state index is 11.6. The molecule has 5 heteroatoms. The number of ether oxygens (including phenoxy) is 1. The van der Waals surface area contributed by atoms with Crippen LogP contribution in [0.2, 0.25) is 0 Å². The highest BCUT2D eigenvalue weighted by molar-refractivity contribution is 7.91. The highest BCUT2D eigenvalue weighted by Gasteiger charge is 2.29. The monoisotopic (exact) mass is 298 g/mol. The molecule has 0 saturated heterocycles. The quantitative estimate of drug-likeness (QED) is 0.927. The molecule has 112 valence electrons. The Kier molecular flexibility index (Phi) is 4.70. The Morgan fingerprint density at radius 2 is 1.90 bits per heavy atom. The van der Waals surface area contributed by atoms with Gasteiger partial charge in [0, 0.05) is 12.7 Å². The topological polar surface area (TPSA) is 63.6 Å². The molecule has 1 N–H and O–H groups in total. The third-order valence-electron chi connectivity index (χ3n) is 3.85. The van der Waals surface area contributed by atoms with Crippen LogP contribution in [0.5, 0.6) is 5.75 Å². The highest BCUT2D eigenvalue weighted by Crippen LogP contribution is 2.28. The molecule has 2 rings (SSSR count). The van der Waals surface area contributed by atoms with Crippen molar-refractivity contribution in [2.24, 2.45) is 0 Å². The molecular weight excluding hydrogens is 276 g/mol. The number of hydrogen-bond donors (Lipinski definition) is 1. The van der Waals surface area contributed by atoms with Crippen molar-refractivity contribution >= 4 is 9.84 Å². The molecule has 0 aliphatic heterocycles. The maximum Gasteiger partial charge on any atom is 0.150 e. The van der Waals surface area contributed by atoms with Crippen molar-refractivity contribution in [3.05, 3.63) is 29.8 Å². The Labute approximate surface area is 120 Å². The predicted octanol–water partition coefficient (Wildman–Crippen LogP) is 2.47. The second kappa shape index (κ2) is 6.14. The van der Waals surface area contributed by atoms with E-state index in [2.05, 4.69) is 0 Å². The fourth-order valence-corrected chi connectivity index (χ4v) is 3.77. The Hall–Kier alpha value is -1.07. The summed E-state index contributed by atoms with van der Waals surface area (Å²) < 4.78 is 29.1. The van der Waals surface area contributed by atoms with Crippen LogP contribution in [-0.2, 0) is 9.84 Å². The molecule has 0 spiro atoms. The molecular formula is C15H22O4S. The third kappa shape index (κ3) is 3.96. The second-order valence-electron chi connectivity index (χ2n) is 5.60. The molecule has 1 aliphatic carbocycles. The van der Waals surface area contributed by atoms with Gasteiger partial charge in [-0.3, -0.25) is 0 Å². The van der Waals surface area contributed by atoms with E-state index in [-0.39, 0.29) is 11.4 Å². The first-order valence-electron chi connectivity index (χ1n) is 7.00. The Morgan fingerprint density at radius 3 is 2.45 bits per heavy atom. The van der Waals surface area contributed by atoms with Crippen LogP contribution in [0.25, 0.3) is 0 Å². The molecule has 1 saturated carbocycles. The molecule has 20 heavy (non-hydrogen) atoms. The minimum absolute atomic E-state index is 0.0409. The van der Waals surface area contributed by atoms with Gasteiger partial charge in [0.25, 0.3) is 0 Å². The van der Waals surface area contributed by atoms with E-state index >= 15 is 0 Å². The maximum atomic E-state index is 11.6. The molecule has 0 amide bonds. The number of aliphatic hydroxyl groups excluding tert-OH is 1. The molecule has 0 bridgehead atoms. The van der Waals surface area contributed by atoms with Crippen LogP contribution < -0.4 is 4.74 Å². The summed E-state index contributed by atoms with van der Waals surface area (Å²) in [6.07, 6.45) is 3.85. The van der Waals surface area contributed by atoms with Crippen molar-refractivity contribution in [2.75, 3.05) is 6.26 Å². The molecule has 4 nitrogen and oxygen atoms in total. The lowest BCUT2D eigenvalue weighted by molar-refractivity contribution is 0.156. The lowest BCUT2D eigenvalue weighted by Gasteiger charge is -2.28. The van der Waals surface area contributed by atoms with Crippen LogP contribution >= 0.6 is 0 Å². The van der Waals surface area contributed by atoms with Gasteiger partial charge in [-0.25, -0.2) is 8.42 Å². The first-order valence-corrected chi connectivity index (χ1v) is 8.95. The molecule has 1 aromatic rings. The SMILES string of the molecule is C[C@@H](O)c1ccc(OC2CCCC(S(C)(=O)=O)C2)cc1. The normalized spacial score (nSPS) is 25.1. The first-order chi connectivity index (χ1) is 9.36.